The number of fused-ring (bicyclic) bond motifs is 3. The van der Waals surface area contributed by atoms with Gasteiger partial charge in [0.2, 0.25) is 11.5 Å². The Kier molecular flexibility index (Phi) is 11.6. The van der Waals surface area contributed by atoms with Crippen molar-refractivity contribution in [1.29, 1.82) is 0 Å². The number of Topliss-reactive ketones (excluding diaryl/α,β-unsaturated/α-hetero) is 1. The highest BCUT2D eigenvalue weighted by atomic mass is 16.5. The molecule has 0 amide bonds. The lowest BCUT2D eigenvalue weighted by Crippen LogP contribution is -2.35. The van der Waals surface area contributed by atoms with Crippen LogP contribution >= 0.6 is 0 Å². The van der Waals surface area contributed by atoms with Crippen LogP contribution in [-0.2, 0) is 24.5 Å². The minimum Gasteiger partial charge on any atom is -0.869 e. The summed E-state index contributed by atoms with van der Waals surface area (Å²) in [6.45, 7) is 11.6. The fraction of sp³-hybridized carbons (Fsp3) is 0.500. The molecule has 0 atom stereocenters. The predicted molar refractivity (Wildman–Crippen MR) is 176 cm³/mol. The molecule has 0 saturated heterocycles. The molecule has 0 radical (unpaired) electrons. The lowest BCUT2D eigenvalue weighted by molar-refractivity contribution is -0.438. The molecule has 4 rings (SSSR count). The van der Waals surface area contributed by atoms with Gasteiger partial charge in [0.15, 0.2) is 11.5 Å². The summed E-state index contributed by atoms with van der Waals surface area (Å²) in [5.41, 5.74) is 3.95. The van der Waals surface area contributed by atoms with E-state index in [1.165, 1.54) is 63.0 Å². The second kappa shape index (κ2) is 15.4. The molecule has 2 aromatic rings. The molecule has 0 saturated carbocycles. The first-order chi connectivity index (χ1) is 21.2. The van der Waals surface area contributed by atoms with Gasteiger partial charge in [-0.3, -0.25) is 4.79 Å². The van der Waals surface area contributed by atoms with Crippen LogP contribution in [0.1, 0.15) is 110 Å². The van der Waals surface area contributed by atoms with Gasteiger partial charge in [-0.25, -0.2) is 4.79 Å². The van der Waals surface area contributed by atoms with Gasteiger partial charge in [0.25, 0.3) is 0 Å². The van der Waals surface area contributed by atoms with E-state index in [0.717, 1.165) is 47.1 Å². The highest BCUT2D eigenvalue weighted by Gasteiger charge is 2.46. The molecule has 2 aliphatic rings. The molecule has 0 unspecified atom stereocenters. The number of nitrogens with zero attached hydrogens (tertiary/aromatic N) is 1. The number of hydrogen-bond donors (Lipinski definition) is 0. The molecular weight excluding hydrogens is 550 g/mol. The highest BCUT2D eigenvalue weighted by Crippen LogP contribution is 2.45. The minimum atomic E-state index is -0.440. The normalized spacial score (nSPS) is 16.8. The summed E-state index contributed by atoms with van der Waals surface area (Å²) in [6, 6.07) is 10.5. The maximum atomic E-state index is 12.9. The van der Waals surface area contributed by atoms with Crippen molar-refractivity contribution in [2.24, 2.45) is 0 Å². The molecule has 0 bridgehead atoms. The van der Waals surface area contributed by atoms with Crippen LogP contribution in [0.5, 0.6) is 0 Å². The van der Waals surface area contributed by atoms with Crippen molar-refractivity contribution < 1.29 is 28.7 Å². The van der Waals surface area contributed by atoms with E-state index in [0.29, 0.717) is 13.2 Å². The Morgan fingerprint density at radius 3 is 2.23 bits per heavy atom. The number of carbonyl (C=O) groups excluding carboxylic acids is 2. The van der Waals surface area contributed by atoms with Gasteiger partial charge in [0.05, 0.1) is 18.6 Å². The predicted octanol–water partition coefficient (Wildman–Crippen LogP) is 7.83. The number of unbranched alkanes of at least 4 members (excludes halogenated alkanes) is 9. The second-order valence-corrected chi connectivity index (χ2v) is 12.3. The van der Waals surface area contributed by atoms with Crippen molar-refractivity contribution in [1.82, 2.24) is 0 Å². The zero-order chi connectivity index (χ0) is 31.7. The molecule has 0 aromatic heterocycles. The number of ketones is 1. The summed E-state index contributed by atoms with van der Waals surface area (Å²) >= 11 is 0. The molecule has 0 spiro atoms. The van der Waals surface area contributed by atoms with Gasteiger partial charge in [-0.1, -0.05) is 70.4 Å². The van der Waals surface area contributed by atoms with Crippen molar-refractivity contribution in [2.75, 3.05) is 19.8 Å². The number of carbonyl (C=O) groups is 2. The van der Waals surface area contributed by atoms with Crippen LogP contribution in [0.4, 0.5) is 5.69 Å². The third kappa shape index (κ3) is 7.34. The molecular formula is C38H49NO5. The Labute approximate surface area is 263 Å². The molecule has 6 heteroatoms. The van der Waals surface area contributed by atoms with Crippen LogP contribution in [0.25, 0.3) is 16.8 Å². The summed E-state index contributed by atoms with van der Waals surface area (Å²) in [5.74, 6) is -1.03. The van der Waals surface area contributed by atoms with Gasteiger partial charge < -0.3 is 14.6 Å². The van der Waals surface area contributed by atoms with Crippen molar-refractivity contribution >= 4 is 40.0 Å². The summed E-state index contributed by atoms with van der Waals surface area (Å²) in [6.07, 6.45) is 17.7. The lowest BCUT2D eigenvalue weighted by Gasteiger charge is -2.29. The monoisotopic (exact) mass is 599 g/mol. The SMILES string of the molecule is CCCCCCCCCCCC[N+]1=C(/C=C2\C(=O)C(OCC)=C2[O-])C(C)(C)c2c1ccc1cc(/C=C/C(=O)OCC)ccc21. The fourth-order valence-electron chi connectivity index (χ4n) is 6.46. The molecule has 236 valence electrons. The third-order valence-electron chi connectivity index (χ3n) is 8.77. The molecule has 1 aliphatic carbocycles. The Balaban J connectivity index is 1.60. The van der Waals surface area contributed by atoms with Crippen LogP contribution in [0.3, 0.4) is 0 Å². The van der Waals surface area contributed by atoms with Crippen LogP contribution in [0.15, 0.2) is 59.6 Å². The van der Waals surface area contributed by atoms with Crippen LogP contribution in [0.2, 0.25) is 0 Å². The summed E-state index contributed by atoms with van der Waals surface area (Å²) in [7, 11) is 0. The van der Waals surface area contributed by atoms with Crippen molar-refractivity contribution in [3.63, 3.8) is 0 Å². The Bertz CT molecular complexity index is 1490. The molecule has 1 aliphatic heterocycles. The van der Waals surface area contributed by atoms with E-state index in [1.54, 1.807) is 19.9 Å². The summed E-state index contributed by atoms with van der Waals surface area (Å²) in [5, 5.41) is 15.1. The van der Waals surface area contributed by atoms with Crippen molar-refractivity contribution in [2.45, 2.75) is 104 Å². The quantitative estimate of drug-likeness (QED) is 0.0801. The number of allylic oxidation sites excluding steroid dienone is 3. The molecule has 0 fully saturated rings. The van der Waals surface area contributed by atoms with Crippen molar-refractivity contribution in [3.8, 4) is 0 Å². The molecule has 2 aromatic carbocycles. The maximum Gasteiger partial charge on any atom is 0.330 e. The van der Waals surface area contributed by atoms with Gasteiger partial charge in [-0.2, -0.15) is 4.58 Å². The number of ether oxygens (including phenoxy) is 2. The van der Waals surface area contributed by atoms with Gasteiger partial charge >= 0.3 is 5.97 Å². The van der Waals surface area contributed by atoms with E-state index in [9.17, 15) is 14.7 Å². The third-order valence-corrected chi connectivity index (χ3v) is 8.77. The maximum absolute atomic E-state index is 12.9. The smallest absolute Gasteiger partial charge is 0.330 e. The van der Waals surface area contributed by atoms with Gasteiger partial charge in [-0.15, -0.1) is 0 Å². The number of esters is 1. The number of benzene rings is 2. The minimum absolute atomic E-state index is 0.0530. The topological polar surface area (TPSA) is 78.7 Å². The largest absolute Gasteiger partial charge is 0.869 e. The van der Waals surface area contributed by atoms with E-state index in [4.69, 9.17) is 9.47 Å². The van der Waals surface area contributed by atoms with Gasteiger partial charge in [-0.05, 0) is 74.4 Å². The van der Waals surface area contributed by atoms with Gasteiger partial charge in [0, 0.05) is 35.8 Å². The van der Waals surface area contributed by atoms with E-state index in [2.05, 4.69) is 49.6 Å². The molecule has 0 N–H and O–H groups in total. The fourth-order valence-corrected chi connectivity index (χ4v) is 6.46. The van der Waals surface area contributed by atoms with E-state index in [-0.39, 0.29) is 28.8 Å². The Morgan fingerprint density at radius 1 is 0.909 bits per heavy atom. The van der Waals surface area contributed by atoms with Crippen LogP contribution in [-0.4, -0.2) is 41.8 Å². The summed E-state index contributed by atoms with van der Waals surface area (Å²) < 4.78 is 12.7. The number of rotatable bonds is 17. The highest BCUT2D eigenvalue weighted by molar-refractivity contribution is 6.21. The second-order valence-electron chi connectivity index (χ2n) is 12.3. The van der Waals surface area contributed by atoms with Gasteiger partial charge in [0.1, 0.15) is 6.54 Å². The zero-order valence-electron chi connectivity index (χ0n) is 27.3. The first-order valence-electron chi connectivity index (χ1n) is 16.6. The van der Waals surface area contributed by atoms with Crippen LogP contribution in [0, 0.1) is 0 Å². The van der Waals surface area contributed by atoms with E-state index >= 15 is 0 Å². The van der Waals surface area contributed by atoms with E-state index < -0.39 is 5.41 Å². The first-order valence-corrected chi connectivity index (χ1v) is 16.6. The molecule has 44 heavy (non-hydrogen) atoms. The standard InChI is InChI=1S/C38H49NO5/c1-6-9-10-11-12-13-14-15-16-17-24-39-31-22-20-28-25-27(19-23-33(40)43-7-2)18-21-29(28)34(31)38(4,5)32(39)26-30-35(41)37(36(30)42)44-8-3/h18-23,25-26H,6-17,24H2,1-5H3/b23-19+. The molecule has 1 heterocycles. The zero-order valence-corrected chi connectivity index (χ0v) is 27.3. The van der Waals surface area contributed by atoms with E-state index in [1.807, 2.05) is 12.1 Å². The number of hydrogen-bond acceptors (Lipinski definition) is 5. The summed E-state index contributed by atoms with van der Waals surface area (Å²) in [4.78, 5) is 24.7. The Morgan fingerprint density at radius 2 is 1.59 bits per heavy atom. The first kappa shape index (κ1) is 33.2. The van der Waals surface area contributed by atoms with Crippen LogP contribution < -0.4 is 5.11 Å². The average Bonchev–Trinajstić information content (AvgIpc) is 3.23. The Hall–Kier alpha value is -3.67. The average molecular weight is 600 g/mol. The van der Waals surface area contributed by atoms with Crippen molar-refractivity contribution in [3.05, 3.63) is 70.7 Å². The molecule has 6 nitrogen and oxygen atoms in total. The lowest BCUT2D eigenvalue weighted by atomic mass is 9.77.